The summed E-state index contributed by atoms with van der Waals surface area (Å²) in [6, 6.07) is 7.60. The van der Waals surface area contributed by atoms with Crippen LogP contribution in [-0.2, 0) is 6.54 Å². The van der Waals surface area contributed by atoms with Gasteiger partial charge >= 0.3 is 0 Å². The quantitative estimate of drug-likeness (QED) is 0.595. The van der Waals surface area contributed by atoms with Crippen molar-refractivity contribution in [3.05, 3.63) is 29.8 Å². The van der Waals surface area contributed by atoms with E-state index in [1.165, 1.54) is 12.8 Å². The van der Waals surface area contributed by atoms with Gasteiger partial charge in [-0.05, 0) is 30.5 Å². The Balaban J connectivity index is 1.94. The van der Waals surface area contributed by atoms with Crippen molar-refractivity contribution >= 4 is 5.96 Å². The number of hydrogen-bond acceptors (Lipinski definition) is 2. The molecule has 86 valence electrons. The fraction of sp³-hybridized carbons (Fsp3) is 0.417. The second-order valence-electron chi connectivity index (χ2n) is 4.18. The molecular formula is C12H17N3O. The SMILES string of the molecule is CN(C(N)=NCc1ccc(O)cc1)C1CC1. The van der Waals surface area contributed by atoms with E-state index >= 15 is 0 Å². The van der Waals surface area contributed by atoms with Crippen LogP contribution in [0.4, 0.5) is 0 Å². The lowest BCUT2D eigenvalue weighted by Gasteiger charge is -2.16. The third-order valence-corrected chi connectivity index (χ3v) is 2.82. The van der Waals surface area contributed by atoms with Gasteiger partial charge in [-0.2, -0.15) is 0 Å². The zero-order valence-electron chi connectivity index (χ0n) is 9.43. The Morgan fingerprint density at radius 1 is 1.44 bits per heavy atom. The van der Waals surface area contributed by atoms with E-state index in [1.54, 1.807) is 12.1 Å². The third kappa shape index (κ3) is 2.66. The molecule has 0 unspecified atom stereocenters. The Kier molecular flexibility index (Phi) is 2.99. The fourth-order valence-corrected chi connectivity index (χ4v) is 1.53. The summed E-state index contributed by atoms with van der Waals surface area (Å²) >= 11 is 0. The Morgan fingerprint density at radius 2 is 2.06 bits per heavy atom. The minimum Gasteiger partial charge on any atom is -0.508 e. The van der Waals surface area contributed by atoms with Crippen molar-refractivity contribution in [1.29, 1.82) is 0 Å². The summed E-state index contributed by atoms with van der Waals surface area (Å²) in [6.45, 7) is 0.559. The Hall–Kier alpha value is -1.71. The maximum atomic E-state index is 9.13. The molecule has 0 bridgehead atoms. The number of phenolic OH excluding ortho intramolecular Hbond substituents is 1. The van der Waals surface area contributed by atoms with Gasteiger partial charge in [-0.3, -0.25) is 0 Å². The van der Waals surface area contributed by atoms with Crippen LogP contribution < -0.4 is 5.73 Å². The standard InChI is InChI=1S/C12H17N3O/c1-15(10-4-5-10)12(13)14-8-9-2-6-11(16)7-3-9/h2-3,6-7,10,16H,4-5,8H2,1H3,(H2,13,14). The van der Waals surface area contributed by atoms with Crippen molar-refractivity contribution in [2.45, 2.75) is 25.4 Å². The van der Waals surface area contributed by atoms with Gasteiger partial charge in [0.15, 0.2) is 5.96 Å². The number of nitrogens with two attached hydrogens (primary N) is 1. The van der Waals surface area contributed by atoms with Crippen molar-refractivity contribution in [3.63, 3.8) is 0 Å². The van der Waals surface area contributed by atoms with Crippen molar-refractivity contribution < 1.29 is 5.11 Å². The number of nitrogens with zero attached hydrogens (tertiary/aromatic N) is 2. The average Bonchev–Trinajstić information content (AvgIpc) is 3.11. The van der Waals surface area contributed by atoms with Crippen LogP contribution in [-0.4, -0.2) is 29.1 Å². The van der Waals surface area contributed by atoms with Gasteiger partial charge in [-0.1, -0.05) is 12.1 Å². The number of aliphatic imine (C=N–C) groups is 1. The topological polar surface area (TPSA) is 61.8 Å². The third-order valence-electron chi connectivity index (χ3n) is 2.82. The highest BCUT2D eigenvalue weighted by molar-refractivity contribution is 5.78. The molecule has 0 aliphatic heterocycles. The van der Waals surface area contributed by atoms with Gasteiger partial charge in [0.1, 0.15) is 5.75 Å². The second kappa shape index (κ2) is 4.43. The number of aromatic hydroxyl groups is 1. The van der Waals surface area contributed by atoms with Crippen LogP contribution in [0.25, 0.3) is 0 Å². The van der Waals surface area contributed by atoms with Crippen molar-refractivity contribution in [2.75, 3.05) is 7.05 Å². The molecule has 1 aromatic rings. The summed E-state index contributed by atoms with van der Waals surface area (Å²) < 4.78 is 0. The van der Waals surface area contributed by atoms with E-state index in [0.717, 1.165) is 5.56 Å². The van der Waals surface area contributed by atoms with Crippen molar-refractivity contribution in [2.24, 2.45) is 10.7 Å². The Morgan fingerprint density at radius 3 is 2.62 bits per heavy atom. The van der Waals surface area contributed by atoms with E-state index in [-0.39, 0.29) is 5.75 Å². The van der Waals surface area contributed by atoms with E-state index in [0.29, 0.717) is 18.5 Å². The van der Waals surface area contributed by atoms with Crippen LogP contribution in [0.15, 0.2) is 29.3 Å². The normalized spacial score (nSPS) is 16.2. The predicted molar refractivity (Wildman–Crippen MR) is 64.2 cm³/mol. The Bertz CT molecular complexity index is 382. The van der Waals surface area contributed by atoms with Crippen LogP contribution in [0, 0.1) is 0 Å². The van der Waals surface area contributed by atoms with Gasteiger partial charge in [-0.15, -0.1) is 0 Å². The molecule has 4 heteroatoms. The van der Waals surface area contributed by atoms with Gasteiger partial charge in [0, 0.05) is 13.1 Å². The Labute approximate surface area is 95.4 Å². The summed E-state index contributed by atoms with van der Waals surface area (Å²) in [5.74, 6) is 0.867. The smallest absolute Gasteiger partial charge is 0.191 e. The predicted octanol–water partition coefficient (Wildman–Crippen LogP) is 1.30. The average molecular weight is 219 g/mol. The molecule has 1 aliphatic carbocycles. The number of guanidine groups is 1. The first-order valence-electron chi connectivity index (χ1n) is 5.47. The van der Waals surface area contributed by atoms with E-state index in [1.807, 2.05) is 24.1 Å². The first kappa shape index (κ1) is 10.8. The van der Waals surface area contributed by atoms with E-state index in [9.17, 15) is 0 Å². The number of rotatable bonds is 3. The van der Waals surface area contributed by atoms with E-state index < -0.39 is 0 Å². The molecule has 1 fully saturated rings. The molecule has 0 saturated heterocycles. The van der Waals surface area contributed by atoms with Gasteiger partial charge in [0.05, 0.1) is 6.54 Å². The summed E-state index contributed by atoms with van der Waals surface area (Å²) in [5, 5.41) is 9.13. The molecule has 1 aliphatic rings. The lowest BCUT2D eigenvalue weighted by molar-refractivity contribution is 0.475. The first-order chi connectivity index (χ1) is 7.66. The van der Waals surface area contributed by atoms with Crippen LogP contribution in [0.5, 0.6) is 5.75 Å². The number of hydrogen-bond donors (Lipinski definition) is 2. The minimum atomic E-state index is 0.274. The maximum Gasteiger partial charge on any atom is 0.191 e. The molecule has 0 aromatic heterocycles. The van der Waals surface area contributed by atoms with Crippen LogP contribution in [0.1, 0.15) is 18.4 Å². The highest BCUT2D eigenvalue weighted by Gasteiger charge is 2.27. The van der Waals surface area contributed by atoms with Crippen molar-refractivity contribution in [1.82, 2.24) is 4.90 Å². The highest BCUT2D eigenvalue weighted by Crippen LogP contribution is 2.24. The maximum absolute atomic E-state index is 9.13. The van der Waals surface area contributed by atoms with E-state index in [2.05, 4.69) is 4.99 Å². The highest BCUT2D eigenvalue weighted by atomic mass is 16.3. The molecule has 4 nitrogen and oxygen atoms in total. The van der Waals surface area contributed by atoms with Crippen molar-refractivity contribution in [3.8, 4) is 5.75 Å². The van der Waals surface area contributed by atoms with Crippen LogP contribution in [0.3, 0.4) is 0 Å². The molecule has 0 spiro atoms. The molecule has 1 saturated carbocycles. The van der Waals surface area contributed by atoms with Gasteiger partial charge in [-0.25, -0.2) is 4.99 Å². The van der Waals surface area contributed by atoms with Gasteiger partial charge in [0.2, 0.25) is 0 Å². The summed E-state index contributed by atoms with van der Waals surface area (Å²) in [7, 11) is 1.98. The molecule has 2 rings (SSSR count). The fourth-order valence-electron chi connectivity index (χ4n) is 1.53. The van der Waals surface area contributed by atoms with Gasteiger partial charge < -0.3 is 15.7 Å². The molecule has 0 radical (unpaired) electrons. The molecular weight excluding hydrogens is 202 g/mol. The zero-order chi connectivity index (χ0) is 11.5. The molecule has 0 atom stereocenters. The molecule has 3 N–H and O–H groups in total. The van der Waals surface area contributed by atoms with Crippen LogP contribution >= 0.6 is 0 Å². The number of phenols is 1. The number of benzene rings is 1. The first-order valence-corrected chi connectivity index (χ1v) is 5.47. The zero-order valence-corrected chi connectivity index (χ0v) is 9.43. The molecule has 0 amide bonds. The molecule has 16 heavy (non-hydrogen) atoms. The lowest BCUT2D eigenvalue weighted by atomic mass is 10.2. The summed E-state index contributed by atoms with van der Waals surface area (Å²) in [5.41, 5.74) is 6.91. The van der Waals surface area contributed by atoms with E-state index in [4.69, 9.17) is 10.8 Å². The summed E-state index contributed by atoms with van der Waals surface area (Å²) in [4.78, 5) is 6.35. The summed E-state index contributed by atoms with van der Waals surface area (Å²) in [6.07, 6.45) is 2.43. The second-order valence-corrected chi connectivity index (χ2v) is 4.18. The molecule has 1 aromatic carbocycles. The molecule has 0 heterocycles. The minimum absolute atomic E-state index is 0.274. The van der Waals surface area contributed by atoms with Gasteiger partial charge in [0.25, 0.3) is 0 Å². The monoisotopic (exact) mass is 219 g/mol. The van der Waals surface area contributed by atoms with Crippen LogP contribution in [0.2, 0.25) is 0 Å². The largest absolute Gasteiger partial charge is 0.508 e. The lowest BCUT2D eigenvalue weighted by Crippen LogP contribution is -2.35.